The first-order chi connectivity index (χ1) is 7.51. The Morgan fingerprint density at radius 1 is 1.31 bits per heavy atom. The van der Waals surface area contributed by atoms with Crippen LogP contribution in [0.15, 0.2) is 18.3 Å². The van der Waals surface area contributed by atoms with Gasteiger partial charge in [0.2, 0.25) is 5.88 Å². The highest BCUT2D eigenvalue weighted by molar-refractivity contribution is 5.28. The second-order valence-electron chi connectivity index (χ2n) is 4.31. The topological polar surface area (TPSA) is 55.1 Å². The Morgan fingerprint density at radius 2 is 2.06 bits per heavy atom. The van der Waals surface area contributed by atoms with E-state index < -0.39 is 0 Å². The lowest BCUT2D eigenvalue weighted by Crippen LogP contribution is -2.22. The van der Waals surface area contributed by atoms with Gasteiger partial charge in [-0.05, 0) is 26.8 Å². The van der Waals surface area contributed by atoms with Gasteiger partial charge in [-0.1, -0.05) is 0 Å². The molecule has 1 aromatic heterocycles. The van der Waals surface area contributed by atoms with Gasteiger partial charge in [0.1, 0.15) is 12.7 Å². The Balaban J connectivity index is 2.30. The van der Waals surface area contributed by atoms with Gasteiger partial charge < -0.3 is 9.47 Å². The van der Waals surface area contributed by atoms with Crippen LogP contribution in [0.25, 0.3) is 0 Å². The van der Waals surface area contributed by atoms with E-state index in [0.717, 1.165) is 0 Å². The summed E-state index contributed by atoms with van der Waals surface area (Å²) in [4.78, 5) is 3.98. The fraction of sp³-hybridized carbons (Fsp3) is 0.500. The van der Waals surface area contributed by atoms with E-state index in [0.29, 0.717) is 24.7 Å². The molecule has 1 aromatic rings. The number of nitrogens with zero attached hydrogens (tertiary/aromatic N) is 2. The molecule has 0 radical (unpaired) electrons. The third-order valence-corrected chi connectivity index (χ3v) is 1.73. The van der Waals surface area contributed by atoms with Crippen LogP contribution in [0.3, 0.4) is 0 Å². The third-order valence-electron chi connectivity index (χ3n) is 1.73. The van der Waals surface area contributed by atoms with Gasteiger partial charge in [-0.15, -0.1) is 0 Å². The molecule has 0 amide bonds. The van der Waals surface area contributed by atoms with Crippen LogP contribution in [0.1, 0.15) is 26.3 Å². The molecule has 0 aliphatic carbocycles. The summed E-state index contributed by atoms with van der Waals surface area (Å²) in [5.41, 5.74) is 0.375. The van der Waals surface area contributed by atoms with E-state index in [-0.39, 0.29) is 5.60 Å². The number of nitriles is 1. The van der Waals surface area contributed by atoms with Crippen LogP contribution in [0, 0.1) is 11.3 Å². The predicted molar refractivity (Wildman–Crippen MR) is 60.2 cm³/mol. The normalized spacial score (nSPS) is 10.9. The Kier molecular flexibility index (Phi) is 4.27. The van der Waals surface area contributed by atoms with Crippen molar-refractivity contribution in [3.8, 4) is 11.9 Å². The molecule has 0 atom stereocenters. The van der Waals surface area contributed by atoms with Crippen molar-refractivity contribution in [1.29, 1.82) is 5.26 Å². The maximum atomic E-state index is 8.58. The van der Waals surface area contributed by atoms with E-state index in [4.69, 9.17) is 14.7 Å². The summed E-state index contributed by atoms with van der Waals surface area (Å²) in [5, 5.41) is 8.58. The van der Waals surface area contributed by atoms with Crippen LogP contribution >= 0.6 is 0 Å². The SMILES string of the molecule is CC(C)(C)OCCOc1ccc(C#N)cn1. The highest BCUT2D eigenvalue weighted by atomic mass is 16.5. The van der Waals surface area contributed by atoms with Crippen LogP contribution in [-0.4, -0.2) is 23.8 Å². The number of hydrogen-bond donors (Lipinski definition) is 0. The molecule has 0 N–H and O–H groups in total. The molecule has 4 nitrogen and oxygen atoms in total. The second kappa shape index (κ2) is 5.47. The van der Waals surface area contributed by atoms with Gasteiger partial charge in [0.25, 0.3) is 0 Å². The third kappa shape index (κ3) is 4.76. The predicted octanol–water partition coefficient (Wildman–Crippen LogP) is 2.15. The molecule has 0 bridgehead atoms. The van der Waals surface area contributed by atoms with E-state index in [2.05, 4.69) is 4.98 Å². The lowest BCUT2D eigenvalue weighted by atomic mass is 10.2. The van der Waals surface area contributed by atoms with Gasteiger partial charge in [0.15, 0.2) is 0 Å². The summed E-state index contributed by atoms with van der Waals surface area (Å²) in [6, 6.07) is 5.35. The smallest absolute Gasteiger partial charge is 0.213 e. The Hall–Kier alpha value is -1.60. The molecular weight excluding hydrogens is 204 g/mol. The van der Waals surface area contributed by atoms with E-state index in [1.807, 2.05) is 26.8 Å². The van der Waals surface area contributed by atoms with Crippen molar-refractivity contribution >= 4 is 0 Å². The molecule has 0 aliphatic rings. The zero-order valence-corrected chi connectivity index (χ0v) is 9.86. The van der Waals surface area contributed by atoms with Gasteiger partial charge in [0.05, 0.1) is 17.8 Å². The fourth-order valence-electron chi connectivity index (χ4n) is 1.03. The Labute approximate surface area is 95.8 Å². The molecule has 0 spiro atoms. The summed E-state index contributed by atoms with van der Waals surface area (Å²) in [7, 11) is 0. The van der Waals surface area contributed by atoms with Crippen molar-refractivity contribution in [2.75, 3.05) is 13.2 Å². The average Bonchev–Trinajstić information content (AvgIpc) is 2.24. The van der Waals surface area contributed by atoms with Crippen LogP contribution in [-0.2, 0) is 4.74 Å². The Bertz CT molecular complexity index is 360. The van der Waals surface area contributed by atoms with E-state index in [9.17, 15) is 0 Å². The average molecular weight is 220 g/mol. The molecular formula is C12H16N2O2. The number of ether oxygens (including phenoxy) is 2. The quantitative estimate of drug-likeness (QED) is 0.729. The van der Waals surface area contributed by atoms with Crippen LogP contribution in [0.5, 0.6) is 5.88 Å². The molecule has 0 aromatic carbocycles. The van der Waals surface area contributed by atoms with Crippen molar-refractivity contribution < 1.29 is 9.47 Å². The van der Waals surface area contributed by atoms with Gasteiger partial charge in [0, 0.05) is 12.3 Å². The molecule has 0 aliphatic heterocycles. The van der Waals surface area contributed by atoms with Crippen molar-refractivity contribution in [2.24, 2.45) is 0 Å². The maximum absolute atomic E-state index is 8.58. The fourth-order valence-corrected chi connectivity index (χ4v) is 1.03. The molecule has 16 heavy (non-hydrogen) atoms. The van der Waals surface area contributed by atoms with Crippen molar-refractivity contribution in [1.82, 2.24) is 4.98 Å². The maximum Gasteiger partial charge on any atom is 0.213 e. The van der Waals surface area contributed by atoms with Crippen LogP contribution in [0.4, 0.5) is 0 Å². The highest BCUT2D eigenvalue weighted by Crippen LogP contribution is 2.08. The zero-order valence-electron chi connectivity index (χ0n) is 9.86. The summed E-state index contributed by atoms with van der Waals surface area (Å²) < 4.78 is 10.8. The van der Waals surface area contributed by atoms with E-state index in [1.165, 1.54) is 6.20 Å². The second-order valence-corrected chi connectivity index (χ2v) is 4.31. The summed E-state index contributed by atoms with van der Waals surface area (Å²) in [6.45, 7) is 6.95. The first kappa shape index (κ1) is 12.5. The number of rotatable bonds is 4. The molecule has 86 valence electrons. The molecule has 1 heterocycles. The molecule has 0 saturated heterocycles. The van der Waals surface area contributed by atoms with E-state index >= 15 is 0 Å². The number of aromatic nitrogens is 1. The molecule has 0 fully saturated rings. The van der Waals surface area contributed by atoms with Gasteiger partial charge in [-0.3, -0.25) is 0 Å². The monoisotopic (exact) mass is 220 g/mol. The minimum Gasteiger partial charge on any atom is -0.475 e. The zero-order chi connectivity index (χ0) is 12.0. The van der Waals surface area contributed by atoms with Gasteiger partial charge >= 0.3 is 0 Å². The Morgan fingerprint density at radius 3 is 2.56 bits per heavy atom. The number of hydrogen-bond acceptors (Lipinski definition) is 4. The molecule has 0 unspecified atom stereocenters. The summed E-state index contributed by atoms with van der Waals surface area (Å²) >= 11 is 0. The standard InChI is InChI=1S/C12H16N2O2/c1-12(2,3)16-7-6-15-11-5-4-10(8-13)9-14-11/h4-5,9H,6-7H2,1-3H3. The molecule has 0 saturated carbocycles. The highest BCUT2D eigenvalue weighted by Gasteiger charge is 2.09. The largest absolute Gasteiger partial charge is 0.475 e. The first-order valence-electron chi connectivity index (χ1n) is 5.14. The van der Waals surface area contributed by atoms with Crippen LogP contribution in [0.2, 0.25) is 0 Å². The van der Waals surface area contributed by atoms with Gasteiger partial charge in [-0.25, -0.2) is 4.98 Å². The van der Waals surface area contributed by atoms with Crippen molar-refractivity contribution in [3.05, 3.63) is 23.9 Å². The van der Waals surface area contributed by atoms with Gasteiger partial charge in [-0.2, -0.15) is 5.26 Å². The summed E-state index contributed by atoms with van der Waals surface area (Å²) in [5.74, 6) is 0.511. The first-order valence-corrected chi connectivity index (χ1v) is 5.14. The number of pyridine rings is 1. The molecule has 4 heteroatoms. The lowest BCUT2D eigenvalue weighted by Gasteiger charge is -2.19. The van der Waals surface area contributed by atoms with Crippen molar-refractivity contribution in [3.63, 3.8) is 0 Å². The minimum absolute atomic E-state index is 0.151. The van der Waals surface area contributed by atoms with Crippen molar-refractivity contribution in [2.45, 2.75) is 26.4 Å². The summed E-state index contributed by atoms with van der Waals surface area (Å²) in [6.07, 6.45) is 1.49. The molecule has 1 rings (SSSR count). The van der Waals surface area contributed by atoms with Crippen LogP contribution < -0.4 is 4.74 Å². The lowest BCUT2D eigenvalue weighted by molar-refractivity contribution is -0.0168. The van der Waals surface area contributed by atoms with E-state index in [1.54, 1.807) is 12.1 Å². The minimum atomic E-state index is -0.151.